The van der Waals surface area contributed by atoms with Crippen LogP contribution in [0.2, 0.25) is 0 Å². The molecule has 22 heavy (non-hydrogen) atoms. The lowest BCUT2D eigenvalue weighted by Crippen LogP contribution is -2.44. The lowest BCUT2D eigenvalue weighted by Gasteiger charge is -2.22. The molecule has 0 aliphatic carbocycles. The molecule has 0 bridgehead atoms. The van der Waals surface area contributed by atoms with E-state index in [1.165, 1.54) is 0 Å². The van der Waals surface area contributed by atoms with Crippen LogP contribution >= 0.6 is 11.3 Å². The normalized spacial score (nSPS) is 13.6. The topological polar surface area (TPSA) is 62.2 Å². The quantitative estimate of drug-likeness (QED) is 0.861. The number of nitrogens with one attached hydrogen (secondary N) is 1. The van der Waals surface area contributed by atoms with E-state index in [0.29, 0.717) is 19.4 Å². The molecule has 0 saturated heterocycles. The molecule has 2 N–H and O–H groups in total. The highest BCUT2D eigenvalue weighted by atomic mass is 32.1. The van der Waals surface area contributed by atoms with Crippen molar-refractivity contribution in [2.24, 2.45) is 0 Å². The number of hydrogen-bond acceptors (Lipinski definition) is 4. The fraction of sp³-hybridized carbons (Fsp3) is 0.412. The highest BCUT2D eigenvalue weighted by Gasteiger charge is 2.29. The van der Waals surface area contributed by atoms with E-state index in [-0.39, 0.29) is 5.91 Å². The number of carbonyl (C=O) groups excluding carboxylic acids is 1. The van der Waals surface area contributed by atoms with E-state index in [4.69, 9.17) is 0 Å². The van der Waals surface area contributed by atoms with Crippen LogP contribution in [0.4, 0.5) is 0 Å². The lowest BCUT2D eigenvalue weighted by atomic mass is 9.96. The summed E-state index contributed by atoms with van der Waals surface area (Å²) in [5.74, 6) is -0.353. The Hall–Kier alpha value is -1.72. The van der Waals surface area contributed by atoms with Gasteiger partial charge in [-0.05, 0) is 39.2 Å². The minimum absolute atomic E-state index is 0.353. The number of aryl methyl sites for hydroxylation is 3. The van der Waals surface area contributed by atoms with E-state index < -0.39 is 5.60 Å². The smallest absolute Gasteiger partial charge is 0.252 e. The summed E-state index contributed by atoms with van der Waals surface area (Å²) in [5, 5.41) is 14.0. The Balaban J connectivity index is 1.87. The zero-order chi connectivity index (χ0) is 16.2. The maximum absolute atomic E-state index is 12.2. The van der Waals surface area contributed by atoms with Crippen LogP contribution in [0.25, 0.3) is 0 Å². The van der Waals surface area contributed by atoms with Crippen LogP contribution in [-0.4, -0.2) is 21.6 Å². The predicted octanol–water partition coefficient (Wildman–Crippen LogP) is 2.76. The molecule has 0 radical (unpaired) electrons. The molecule has 0 fully saturated rings. The third kappa shape index (κ3) is 4.39. The molecule has 0 aliphatic rings. The standard InChI is InChI=1S/C17H22N2O2S/c1-12-13(2)22-15(19-12)11-18-16(20)17(3,21)10-9-14-7-5-4-6-8-14/h4-8,21H,9-11H2,1-3H3,(H,18,20). The Morgan fingerprint density at radius 2 is 2.00 bits per heavy atom. The molecular formula is C17H22N2O2S. The first kappa shape index (κ1) is 16.6. The minimum atomic E-state index is -1.38. The first-order chi connectivity index (χ1) is 10.4. The number of thiazole rings is 1. The highest BCUT2D eigenvalue weighted by Crippen LogP contribution is 2.18. The van der Waals surface area contributed by atoms with Gasteiger partial charge in [-0.25, -0.2) is 4.98 Å². The molecule has 0 aliphatic heterocycles. The van der Waals surface area contributed by atoms with Gasteiger partial charge in [0, 0.05) is 4.88 Å². The first-order valence-electron chi connectivity index (χ1n) is 7.36. The van der Waals surface area contributed by atoms with Crippen molar-refractivity contribution in [1.29, 1.82) is 0 Å². The van der Waals surface area contributed by atoms with Gasteiger partial charge in [-0.1, -0.05) is 30.3 Å². The Kier molecular flexibility index (Phi) is 5.32. The molecule has 1 heterocycles. The molecule has 5 heteroatoms. The number of nitrogens with zero attached hydrogens (tertiary/aromatic N) is 1. The van der Waals surface area contributed by atoms with Gasteiger partial charge in [0.15, 0.2) is 0 Å². The monoisotopic (exact) mass is 318 g/mol. The number of carbonyl (C=O) groups is 1. The van der Waals surface area contributed by atoms with Crippen molar-refractivity contribution < 1.29 is 9.90 Å². The first-order valence-corrected chi connectivity index (χ1v) is 8.17. The van der Waals surface area contributed by atoms with Gasteiger partial charge in [-0.3, -0.25) is 4.79 Å². The van der Waals surface area contributed by atoms with Crippen molar-refractivity contribution in [3.63, 3.8) is 0 Å². The number of rotatable bonds is 6. The number of hydrogen-bond donors (Lipinski definition) is 2. The summed E-state index contributed by atoms with van der Waals surface area (Å²) in [6, 6.07) is 9.85. The third-order valence-electron chi connectivity index (χ3n) is 3.71. The molecule has 4 nitrogen and oxygen atoms in total. The molecule has 1 aromatic carbocycles. The van der Waals surface area contributed by atoms with Gasteiger partial charge < -0.3 is 10.4 Å². The maximum atomic E-state index is 12.2. The summed E-state index contributed by atoms with van der Waals surface area (Å²) in [6.07, 6.45) is 1.05. The molecule has 2 aromatic rings. The molecule has 1 aromatic heterocycles. The number of benzene rings is 1. The summed E-state index contributed by atoms with van der Waals surface area (Å²) in [5.41, 5.74) is 0.726. The van der Waals surface area contributed by atoms with Crippen LogP contribution in [0.1, 0.15) is 34.5 Å². The second-order valence-electron chi connectivity index (χ2n) is 5.69. The van der Waals surface area contributed by atoms with Crippen LogP contribution < -0.4 is 5.32 Å². The molecule has 0 saturated carbocycles. The van der Waals surface area contributed by atoms with Gasteiger partial charge in [0.25, 0.3) is 5.91 Å². The van der Waals surface area contributed by atoms with Crippen molar-refractivity contribution in [2.75, 3.05) is 0 Å². The Morgan fingerprint density at radius 1 is 1.32 bits per heavy atom. The molecule has 1 atom stereocenters. The van der Waals surface area contributed by atoms with E-state index in [1.54, 1.807) is 18.3 Å². The largest absolute Gasteiger partial charge is 0.380 e. The van der Waals surface area contributed by atoms with Crippen molar-refractivity contribution in [3.05, 3.63) is 51.5 Å². The molecule has 118 valence electrons. The average Bonchev–Trinajstić information content (AvgIpc) is 2.82. The van der Waals surface area contributed by atoms with Gasteiger partial charge in [0.05, 0.1) is 12.2 Å². The van der Waals surface area contributed by atoms with E-state index in [0.717, 1.165) is 21.1 Å². The second kappa shape index (κ2) is 7.03. The zero-order valence-corrected chi connectivity index (χ0v) is 14.0. The van der Waals surface area contributed by atoms with Crippen molar-refractivity contribution in [3.8, 4) is 0 Å². The molecule has 2 rings (SSSR count). The summed E-state index contributed by atoms with van der Waals surface area (Å²) in [7, 11) is 0. The van der Waals surface area contributed by atoms with Crippen LogP contribution in [0, 0.1) is 13.8 Å². The molecule has 1 amide bonds. The van der Waals surface area contributed by atoms with Crippen molar-refractivity contribution in [2.45, 2.75) is 45.8 Å². The van der Waals surface area contributed by atoms with E-state index in [1.807, 2.05) is 44.2 Å². The number of amides is 1. The van der Waals surface area contributed by atoms with Crippen LogP contribution in [0.15, 0.2) is 30.3 Å². The van der Waals surface area contributed by atoms with Crippen LogP contribution in [0.3, 0.4) is 0 Å². The van der Waals surface area contributed by atoms with E-state index >= 15 is 0 Å². The molecule has 0 spiro atoms. The highest BCUT2D eigenvalue weighted by molar-refractivity contribution is 7.11. The molecule has 1 unspecified atom stereocenters. The van der Waals surface area contributed by atoms with Crippen LogP contribution in [0.5, 0.6) is 0 Å². The van der Waals surface area contributed by atoms with Gasteiger partial charge in [0.2, 0.25) is 0 Å². The summed E-state index contributed by atoms with van der Waals surface area (Å²) in [6.45, 7) is 5.88. The predicted molar refractivity (Wildman–Crippen MR) is 88.8 cm³/mol. The number of aromatic nitrogens is 1. The third-order valence-corrected chi connectivity index (χ3v) is 4.78. The lowest BCUT2D eigenvalue weighted by molar-refractivity contribution is -0.138. The SMILES string of the molecule is Cc1nc(CNC(=O)C(C)(O)CCc2ccccc2)sc1C. The van der Waals surface area contributed by atoms with Gasteiger partial charge in [-0.2, -0.15) is 0 Å². The zero-order valence-electron chi connectivity index (χ0n) is 13.2. The van der Waals surface area contributed by atoms with E-state index in [2.05, 4.69) is 10.3 Å². The fourth-order valence-electron chi connectivity index (χ4n) is 2.11. The fourth-order valence-corrected chi connectivity index (χ4v) is 2.98. The van der Waals surface area contributed by atoms with E-state index in [9.17, 15) is 9.90 Å². The van der Waals surface area contributed by atoms with Crippen LogP contribution in [-0.2, 0) is 17.8 Å². The van der Waals surface area contributed by atoms with Crippen molar-refractivity contribution in [1.82, 2.24) is 10.3 Å². The summed E-state index contributed by atoms with van der Waals surface area (Å²) >= 11 is 1.57. The number of aliphatic hydroxyl groups is 1. The average molecular weight is 318 g/mol. The Labute approximate surface area is 135 Å². The van der Waals surface area contributed by atoms with Crippen molar-refractivity contribution >= 4 is 17.2 Å². The Morgan fingerprint density at radius 3 is 2.59 bits per heavy atom. The van der Waals surface area contributed by atoms with Gasteiger partial charge in [-0.15, -0.1) is 11.3 Å². The summed E-state index contributed by atoms with van der Waals surface area (Å²) < 4.78 is 0. The second-order valence-corrected chi connectivity index (χ2v) is 6.98. The minimum Gasteiger partial charge on any atom is -0.380 e. The van der Waals surface area contributed by atoms with Gasteiger partial charge >= 0.3 is 0 Å². The Bertz CT molecular complexity index is 616. The van der Waals surface area contributed by atoms with Gasteiger partial charge in [0.1, 0.15) is 10.6 Å². The maximum Gasteiger partial charge on any atom is 0.252 e. The summed E-state index contributed by atoms with van der Waals surface area (Å²) in [4.78, 5) is 17.7. The molecular weight excluding hydrogens is 296 g/mol.